The zero-order valence-electron chi connectivity index (χ0n) is 10.2. The van der Waals surface area contributed by atoms with Crippen molar-refractivity contribution in [1.29, 1.82) is 0 Å². The van der Waals surface area contributed by atoms with Crippen molar-refractivity contribution >= 4 is 11.8 Å². The quantitative estimate of drug-likeness (QED) is 0.893. The minimum absolute atomic E-state index is 0.193. The molecule has 0 fully saturated rings. The summed E-state index contributed by atoms with van der Waals surface area (Å²) in [7, 11) is 0. The Morgan fingerprint density at radius 2 is 2.11 bits per heavy atom. The maximum Gasteiger partial charge on any atom is 0.137 e. The van der Waals surface area contributed by atoms with E-state index in [0.717, 1.165) is 17.1 Å². The number of benzene rings is 1. The van der Waals surface area contributed by atoms with E-state index in [9.17, 15) is 4.39 Å². The second-order valence-electron chi connectivity index (χ2n) is 3.78. The Balaban J connectivity index is 2.25. The van der Waals surface area contributed by atoms with Crippen molar-refractivity contribution in [2.24, 2.45) is 0 Å². The van der Waals surface area contributed by atoms with Crippen LogP contribution in [0.25, 0.3) is 0 Å². The summed E-state index contributed by atoms with van der Waals surface area (Å²) < 4.78 is 13.9. The lowest BCUT2D eigenvalue weighted by atomic mass is 10.2. The van der Waals surface area contributed by atoms with Gasteiger partial charge in [0.25, 0.3) is 0 Å². The SMILES string of the molecule is CCNCc1cccc(F)c1Sc1ccccn1. The fourth-order valence-corrected chi connectivity index (χ4v) is 2.48. The van der Waals surface area contributed by atoms with Crippen LogP contribution in [0.15, 0.2) is 52.5 Å². The molecule has 18 heavy (non-hydrogen) atoms. The summed E-state index contributed by atoms with van der Waals surface area (Å²) in [4.78, 5) is 4.86. The highest BCUT2D eigenvalue weighted by atomic mass is 32.2. The molecule has 0 aliphatic rings. The van der Waals surface area contributed by atoms with Crippen LogP contribution in [-0.4, -0.2) is 11.5 Å². The number of hydrogen-bond donors (Lipinski definition) is 1. The zero-order valence-corrected chi connectivity index (χ0v) is 11.0. The van der Waals surface area contributed by atoms with E-state index in [1.165, 1.54) is 17.8 Å². The lowest BCUT2D eigenvalue weighted by molar-refractivity contribution is 0.591. The molecule has 0 amide bonds. The minimum Gasteiger partial charge on any atom is -0.313 e. The van der Waals surface area contributed by atoms with E-state index >= 15 is 0 Å². The second-order valence-corrected chi connectivity index (χ2v) is 4.81. The third-order valence-electron chi connectivity index (χ3n) is 2.46. The molecule has 0 saturated heterocycles. The van der Waals surface area contributed by atoms with E-state index in [1.54, 1.807) is 12.3 Å². The first-order valence-electron chi connectivity index (χ1n) is 5.88. The van der Waals surface area contributed by atoms with E-state index in [-0.39, 0.29) is 5.82 Å². The molecule has 0 aliphatic carbocycles. The van der Waals surface area contributed by atoms with Crippen molar-refractivity contribution in [1.82, 2.24) is 10.3 Å². The number of rotatable bonds is 5. The summed E-state index contributed by atoms with van der Waals surface area (Å²) in [6.45, 7) is 3.57. The molecule has 4 heteroatoms. The Morgan fingerprint density at radius 1 is 1.22 bits per heavy atom. The molecular weight excluding hydrogens is 247 g/mol. The third kappa shape index (κ3) is 3.31. The van der Waals surface area contributed by atoms with Crippen LogP contribution in [0.2, 0.25) is 0 Å². The molecule has 1 N–H and O–H groups in total. The van der Waals surface area contributed by atoms with Crippen molar-refractivity contribution < 1.29 is 4.39 Å². The number of pyridine rings is 1. The first-order chi connectivity index (χ1) is 8.81. The van der Waals surface area contributed by atoms with Gasteiger partial charge in [-0.25, -0.2) is 9.37 Å². The lowest BCUT2D eigenvalue weighted by Crippen LogP contribution is -2.12. The molecule has 2 nitrogen and oxygen atoms in total. The highest BCUT2D eigenvalue weighted by Gasteiger charge is 2.10. The van der Waals surface area contributed by atoms with Crippen molar-refractivity contribution in [2.45, 2.75) is 23.4 Å². The Bertz CT molecular complexity index is 502. The number of nitrogens with one attached hydrogen (secondary N) is 1. The summed E-state index contributed by atoms with van der Waals surface area (Å²) in [5, 5.41) is 4.02. The average Bonchev–Trinajstić information content (AvgIpc) is 2.41. The highest BCUT2D eigenvalue weighted by Crippen LogP contribution is 2.31. The monoisotopic (exact) mass is 262 g/mol. The molecule has 0 aliphatic heterocycles. The highest BCUT2D eigenvalue weighted by molar-refractivity contribution is 7.99. The molecule has 2 rings (SSSR count). The predicted molar refractivity (Wildman–Crippen MR) is 72.1 cm³/mol. The first kappa shape index (κ1) is 13.1. The molecule has 1 heterocycles. The van der Waals surface area contributed by atoms with Crippen LogP contribution in [0, 0.1) is 5.82 Å². The summed E-state index contributed by atoms with van der Waals surface area (Å²) in [6, 6.07) is 10.8. The van der Waals surface area contributed by atoms with Crippen LogP contribution in [0.3, 0.4) is 0 Å². The van der Waals surface area contributed by atoms with Gasteiger partial charge in [-0.3, -0.25) is 0 Å². The van der Waals surface area contributed by atoms with Crippen molar-refractivity contribution in [3.8, 4) is 0 Å². The molecule has 1 aromatic heterocycles. The van der Waals surface area contributed by atoms with Gasteiger partial charge in [0, 0.05) is 12.7 Å². The van der Waals surface area contributed by atoms with Gasteiger partial charge in [0.1, 0.15) is 10.8 Å². The lowest BCUT2D eigenvalue weighted by Gasteiger charge is -2.10. The predicted octanol–water partition coefficient (Wildman–Crippen LogP) is 3.48. The van der Waals surface area contributed by atoms with Gasteiger partial charge in [0.2, 0.25) is 0 Å². The summed E-state index contributed by atoms with van der Waals surface area (Å²) >= 11 is 1.37. The van der Waals surface area contributed by atoms with Gasteiger partial charge in [-0.2, -0.15) is 0 Å². The van der Waals surface area contributed by atoms with Crippen molar-refractivity contribution in [3.63, 3.8) is 0 Å². The molecule has 0 spiro atoms. The Kier molecular flexibility index (Phi) is 4.73. The molecule has 0 atom stereocenters. The molecule has 0 saturated carbocycles. The number of hydrogen-bond acceptors (Lipinski definition) is 3. The van der Waals surface area contributed by atoms with Gasteiger partial charge in [0.15, 0.2) is 0 Å². The fraction of sp³-hybridized carbons (Fsp3) is 0.214. The van der Waals surface area contributed by atoms with Crippen LogP contribution < -0.4 is 5.32 Å². The van der Waals surface area contributed by atoms with Crippen LogP contribution in [-0.2, 0) is 6.54 Å². The van der Waals surface area contributed by atoms with Gasteiger partial charge >= 0.3 is 0 Å². The molecule has 0 bridgehead atoms. The third-order valence-corrected chi connectivity index (χ3v) is 3.57. The molecule has 2 aromatic rings. The molecule has 0 radical (unpaired) electrons. The summed E-state index contributed by atoms with van der Waals surface area (Å²) in [6.07, 6.45) is 1.72. The topological polar surface area (TPSA) is 24.9 Å². The maximum atomic E-state index is 13.9. The van der Waals surface area contributed by atoms with Crippen LogP contribution >= 0.6 is 11.8 Å². The average molecular weight is 262 g/mol. The van der Waals surface area contributed by atoms with Crippen LogP contribution in [0.1, 0.15) is 12.5 Å². The summed E-state index contributed by atoms with van der Waals surface area (Å²) in [5.74, 6) is -0.193. The fourth-order valence-electron chi connectivity index (χ4n) is 1.58. The summed E-state index contributed by atoms with van der Waals surface area (Å²) in [5.41, 5.74) is 0.965. The van der Waals surface area contributed by atoms with E-state index < -0.39 is 0 Å². The zero-order chi connectivity index (χ0) is 12.8. The minimum atomic E-state index is -0.193. The van der Waals surface area contributed by atoms with E-state index in [2.05, 4.69) is 10.3 Å². The van der Waals surface area contributed by atoms with Gasteiger partial charge < -0.3 is 5.32 Å². The Hall–Kier alpha value is -1.39. The Morgan fingerprint density at radius 3 is 2.83 bits per heavy atom. The number of nitrogens with zero attached hydrogens (tertiary/aromatic N) is 1. The van der Waals surface area contributed by atoms with Gasteiger partial charge in [0.05, 0.1) is 4.90 Å². The van der Waals surface area contributed by atoms with Gasteiger partial charge in [-0.05, 0) is 30.3 Å². The van der Waals surface area contributed by atoms with E-state index in [0.29, 0.717) is 11.4 Å². The molecule has 1 aromatic carbocycles. The van der Waals surface area contributed by atoms with Crippen molar-refractivity contribution in [3.05, 3.63) is 54.0 Å². The Labute approximate surface area is 111 Å². The number of halogens is 1. The first-order valence-corrected chi connectivity index (χ1v) is 6.70. The maximum absolute atomic E-state index is 13.9. The van der Waals surface area contributed by atoms with Crippen LogP contribution in [0.5, 0.6) is 0 Å². The normalized spacial score (nSPS) is 10.6. The molecule has 94 valence electrons. The largest absolute Gasteiger partial charge is 0.313 e. The van der Waals surface area contributed by atoms with Gasteiger partial charge in [-0.15, -0.1) is 0 Å². The van der Waals surface area contributed by atoms with Crippen molar-refractivity contribution in [2.75, 3.05) is 6.54 Å². The second kappa shape index (κ2) is 6.52. The van der Waals surface area contributed by atoms with Crippen LogP contribution in [0.4, 0.5) is 4.39 Å². The van der Waals surface area contributed by atoms with E-state index in [1.807, 2.05) is 31.2 Å². The smallest absolute Gasteiger partial charge is 0.137 e. The standard InChI is InChI=1S/C14H15FN2S/c1-2-16-10-11-6-5-7-12(15)14(11)18-13-8-3-4-9-17-13/h3-9,16H,2,10H2,1H3. The van der Waals surface area contributed by atoms with E-state index in [4.69, 9.17) is 0 Å². The molecule has 0 unspecified atom stereocenters. The number of aromatic nitrogens is 1. The molecular formula is C14H15FN2S. The van der Waals surface area contributed by atoms with Gasteiger partial charge in [-0.1, -0.05) is 36.9 Å².